The number of benzene rings is 2. The van der Waals surface area contributed by atoms with Crippen LogP contribution in [-0.4, -0.2) is 41.8 Å². The first-order valence-corrected chi connectivity index (χ1v) is 12.3. The van der Waals surface area contributed by atoms with Crippen molar-refractivity contribution >= 4 is 53.6 Å². The molecule has 5 rings (SSSR count). The fourth-order valence-electron chi connectivity index (χ4n) is 4.18. The van der Waals surface area contributed by atoms with E-state index in [1.807, 2.05) is 0 Å². The summed E-state index contributed by atoms with van der Waals surface area (Å²) < 4.78 is 35.3. The fourth-order valence-corrected chi connectivity index (χ4v) is 6.19. The van der Waals surface area contributed by atoms with Gasteiger partial charge in [-0.05, 0) is 6.07 Å². The summed E-state index contributed by atoms with van der Waals surface area (Å²) in [4.78, 5) is 40.8. The number of para-hydroxylation sites is 1. The Morgan fingerprint density at radius 2 is 1.97 bits per heavy atom. The van der Waals surface area contributed by atoms with Crippen LogP contribution in [0.5, 0.6) is 0 Å². The number of rotatable bonds is 5. The fraction of sp³-hybridized carbons (Fsp3) is 0.160. The van der Waals surface area contributed by atoms with Crippen LogP contribution >= 0.6 is 0 Å². The van der Waals surface area contributed by atoms with Crippen molar-refractivity contribution in [3.8, 4) is 0 Å². The quantitative estimate of drug-likeness (QED) is 0.229. The van der Waals surface area contributed by atoms with Crippen molar-refractivity contribution in [3.63, 3.8) is 0 Å². The summed E-state index contributed by atoms with van der Waals surface area (Å²) in [5.74, 6) is -1.98. The van der Waals surface area contributed by atoms with Gasteiger partial charge in [-0.15, -0.1) is 0 Å². The summed E-state index contributed by atoms with van der Waals surface area (Å²) in [7, 11) is 0. The first-order chi connectivity index (χ1) is 16.7. The van der Waals surface area contributed by atoms with E-state index in [0.717, 1.165) is 4.26 Å². The van der Waals surface area contributed by atoms with Crippen molar-refractivity contribution in [1.82, 2.24) is 8.55 Å². The molecule has 0 fully saturated rings. The van der Waals surface area contributed by atoms with Gasteiger partial charge in [-0.3, -0.25) is 0 Å². The first kappa shape index (κ1) is 23.0. The number of halogens is 2. The number of aromatic nitrogens is 2. The Kier molecular flexibility index (Phi) is 5.78. The zero-order chi connectivity index (χ0) is 24.9. The molecule has 0 saturated carbocycles. The van der Waals surface area contributed by atoms with Gasteiger partial charge in [0.15, 0.2) is 0 Å². The van der Waals surface area contributed by atoms with E-state index in [9.17, 15) is 23.2 Å². The summed E-state index contributed by atoms with van der Waals surface area (Å²) in [6, 6.07) is 8.61. The predicted octanol–water partition coefficient (Wildman–Crippen LogP) is 3.63. The summed E-state index contributed by atoms with van der Waals surface area (Å²) in [6.45, 7) is 3.62. The number of fused-ring (bicyclic) bond motifs is 2. The van der Waals surface area contributed by atoms with Crippen molar-refractivity contribution in [3.05, 3.63) is 86.5 Å². The molecule has 0 unspecified atom stereocenters. The molecule has 4 aromatic rings. The molecule has 178 valence electrons. The van der Waals surface area contributed by atoms with Crippen molar-refractivity contribution in [2.75, 3.05) is 11.9 Å². The molecule has 2 N–H and O–H groups in total. The Labute approximate surface area is 204 Å². The van der Waals surface area contributed by atoms with Gasteiger partial charge in [-0.1, -0.05) is 6.07 Å². The molecular formula is C25H19F2N3O4Se. The van der Waals surface area contributed by atoms with Crippen molar-refractivity contribution in [2.24, 2.45) is 0 Å². The van der Waals surface area contributed by atoms with E-state index in [4.69, 9.17) is 4.74 Å². The van der Waals surface area contributed by atoms with Gasteiger partial charge < -0.3 is 0 Å². The van der Waals surface area contributed by atoms with Gasteiger partial charge in [-0.25, -0.2) is 4.39 Å². The van der Waals surface area contributed by atoms with E-state index < -0.39 is 23.5 Å². The molecule has 2 aromatic heterocycles. The van der Waals surface area contributed by atoms with E-state index in [-0.39, 0.29) is 44.7 Å². The number of aromatic amines is 1. The van der Waals surface area contributed by atoms with Crippen molar-refractivity contribution in [2.45, 2.75) is 20.4 Å². The zero-order valence-electron chi connectivity index (χ0n) is 18.7. The number of carbonyl (C=O) groups is 2. The van der Waals surface area contributed by atoms with Crippen LogP contribution < -0.4 is 10.9 Å². The molecule has 0 aliphatic carbocycles. The molecule has 7 nitrogen and oxygen atoms in total. The molecule has 3 heterocycles. The summed E-state index contributed by atoms with van der Waals surface area (Å²) in [5.41, 5.74) is 2.60. The normalized spacial score (nSPS) is 13.9. The van der Waals surface area contributed by atoms with Crippen LogP contribution in [0.25, 0.3) is 21.3 Å². The molecule has 0 spiro atoms. The van der Waals surface area contributed by atoms with E-state index in [2.05, 4.69) is 10.3 Å². The molecule has 35 heavy (non-hydrogen) atoms. The SMILES string of the molecule is Cc1[nH]c(/C=C2\C(=O)Nc3c(F)cccc32)c(C)c1C(=O)OCCn1[se]c2ccc(F)cc2c1=O. The summed E-state index contributed by atoms with van der Waals surface area (Å²) in [6.07, 6.45) is 1.58. The maximum absolute atomic E-state index is 14.0. The second kappa shape index (κ2) is 8.79. The molecule has 1 amide bonds. The van der Waals surface area contributed by atoms with Crippen LogP contribution in [0, 0.1) is 25.5 Å². The second-order valence-corrected chi connectivity index (χ2v) is 10.3. The van der Waals surface area contributed by atoms with E-state index >= 15 is 0 Å². The van der Waals surface area contributed by atoms with Crippen molar-refractivity contribution < 1.29 is 23.1 Å². The minimum atomic E-state index is -0.564. The molecule has 0 atom stereocenters. The Hall–Kier alpha value is -3.75. The predicted molar refractivity (Wildman–Crippen MR) is 129 cm³/mol. The van der Waals surface area contributed by atoms with Crippen LogP contribution in [0.2, 0.25) is 0 Å². The third-order valence-corrected chi connectivity index (χ3v) is 8.24. The molecule has 0 saturated heterocycles. The first-order valence-electron chi connectivity index (χ1n) is 10.7. The standard InChI is InChI=1S/C25H19F2N3O4Se/c1-12-19(11-16-15-4-3-5-18(27)22(15)29-23(16)31)28-13(2)21(12)25(33)34-9-8-30-24(32)17-10-14(26)6-7-20(17)35-30/h3-7,10-11,28H,8-9H2,1-2H3,(H,29,31)/b16-11-. The average Bonchev–Trinajstić information content (AvgIpc) is 3.41. The minimum absolute atomic E-state index is 0.0155. The molecule has 2 aromatic carbocycles. The monoisotopic (exact) mass is 543 g/mol. The number of nitrogens with one attached hydrogen (secondary N) is 2. The Morgan fingerprint density at radius 1 is 1.17 bits per heavy atom. The zero-order valence-corrected chi connectivity index (χ0v) is 20.4. The van der Waals surface area contributed by atoms with Crippen LogP contribution in [0.4, 0.5) is 14.5 Å². The van der Waals surface area contributed by atoms with Gasteiger partial charge in [0.25, 0.3) is 0 Å². The van der Waals surface area contributed by atoms with Crippen LogP contribution in [0.1, 0.15) is 32.9 Å². The Morgan fingerprint density at radius 3 is 2.77 bits per heavy atom. The Balaban J connectivity index is 1.34. The van der Waals surface area contributed by atoms with Gasteiger partial charge >= 0.3 is 182 Å². The number of anilines is 1. The number of amides is 1. The molecule has 10 heteroatoms. The summed E-state index contributed by atoms with van der Waals surface area (Å²) in [5, 5.41) is 2.88. The number of nitrogens with zero attached hydrogens (tertiary/aromatic N) is 1. The topological polar surface area (TPSA) is 93.2 Å². The third kappa shape index (κ3) is 4.05. The number of H-pyrrole nitrogens is 1. The average molecular weight is 542 g/mol. The van der Waals surface area contributed by atoms with Gasteiger partial charge in [0.1, 0.15) is 5.82 Å². The van der Waals surface area contributed by atoms with Crippen molar-refractivity contribution in [1.29, 1.82) is 0 Å². The number of hydrogen-bond donors (Lipinski definition) is 2. The number of hydrogen-bond acceptors (Lipinski definition) is 4. The van der Waals surface area contributed by atoms with Gasteiger partial charge in [0.2, 0.25) is 0 Å². The van der Waals surface area contributed by atoms with Gasteiger partial charge in [0, 0.05) is 0 Å². The summed E-state index contributed by atoms with van der Waals surface area (Å²) >= 11 is -0.302. The molecule has 0 radical (unpaired) electrons. The van der Waals surface area contributed by atoms with Crippen LogP contribution in [0.3, 0.4) is 0 Å². The number of carbonyl (C=O) groups excluding carboxylic acids is 2. The Bertz CT molecular complexity index is 1610. The van der Waals surface area contributed by atoms with Crippen LogP contribution in [-0.2, 0) is 16.1 Å². The second-order valence-electron chi connectivity index (χ2n) is 8.11. The van der Waals surface area contributed by atoms with E-state index in [1.165, 1.54) is 24.3 Å². The number of ether oxygens (including phenoxy) is 1. The molecule has 0 bridgehead atoms. The number of aryl methyl sites for hydroxylation is 1. The molecule has 1 aliphatic heterocycles. The van der Waals surface area contributed by atoms with Crippen LogP contribution in [0.15, 0.2) is 41.2 Å². The third-order valence-electron chi connectivity index (χ3n) is 5.89. The molecular weight excluding hydrogens is 523 g/mol. The molecule has 1 aliphatic rings. The van der Waals surface area contributed by atoms with E-state index in [1.54, 1.807) is 35.6 Å². The maximum atomic E-state index is 14.0. The van der Waals surface area contributed by atoms with Gasteiger partial charge in [-0.2, -0.15) is 0 Å². The van der Waals surface area contributed by atoms with Gasteiger partial charge in [0.05, 0.1) is 0 Å². The number of esters is 1. The van der Waals surface area contributed by atoms with E-state index in [0.29, 0.717) is 33.5 Å².